The maximum absolute atomic E-state index is 4.62. The van der Waals surface area contributed by atoms with Crippen molar-refractivity contribution in [2.75, 3.05) is 44.7 Å². The van der Waals surface area contributed by atoms with Crippen LogP contribution in [0.25, 0.3) is 0 Å². The molecule has 1 aliphatic carbocycles. The van der Waals surface area contributed by atoms with Crippen molar-refractivity contribution in [3.05, 3.63) is 41.7 Å². The fourth-order valence-corrected chi connectivity index (χ4v) is 4.56. The van der Waals surface area contributed by atoms with Crippen molar-refractivity contribution in [3.63, 3.8) is 0 Å². The molecule has 0 radical (unpaired) electrons. The quantitative estimate of drug-likeness (QED) is 0.379. The molecular formula is C20H29IN6S. The first-order chi connectivity index (χ1) is 13.3. The molecule has 0 spiro atoms. The van der Waals surface area contributed by atoms with Crippen molar-refractivity contribution in [1.29, 1.82) is 0 Å². The third-order valence-corrected chi connectivity index (χ3v) is 6.32. The minimum absolute atomic E-state index is 0. The number of guanidine groups is 1. The van der Waals surface area contributed by atoms with Crippen LogP contribution in [-0.4, -0.2) is 60.0 Å². The Bertz CT molecular complexity index is 772. The van der Waals surface area contributed by atoms with Crippen LogP contribution in [0.2, 0.25) is 0 Å². The normalized spacial score (nSPS) is 22.0. The molecule has 2 unspecified atom stereocenters. The molecule has 1 aromatic heterocycles. The van der Waals surface area contributed by atoms with Gasteiger partial charge in [0.05, 0.1) is 0 Å². The lowest BCUT2D eigenvalue weighted by molar-refractivity contribution is 0.371. The Morgan fingerprint density at radius 3 is 2.61 bits per heavy atom. The summed E-state index contributed by atoms with van der Waals surface area (Å²) in [4.78, 5) is 13.8. The number of hydrogen-bond donors (Lipinski definition) is 1. The molecule has 1 saturated heterocycles. The molecule has 0 bridgehead atoms. The van der Waals surface area contributed by atoms with Gasteiger partial charge < -0.3 is 15.1 Å². The standard InChI is InChI=1S/C20H28N6S.HI/c1-3-18-23-20(27-24-18)26-11-9-25(10-12-26)19(21-2)22-14-16-13-17(16)15-7-5-4-6-8-15;/h4-8,16-17H,3,9-14H2,1-2H3,(H,21,22);1H. The molecule has 2 atom stereocenters. The van der Waals surface area contributed by atoms with E-state index >= 15 is 0 Å². The van der Waals surface area contributed by atoms with E-state index in [4.69, 9.17) is 0 Å². The Kier molecular flexibility index (Phi) is 7.50. The number of piperazine rings is 1. The van der Waals surface area contributed by atoms with Gasteiger partial charge in [0.2, 0.25) is 5.13 Å². The van der Waals surface area contributed by atoms with Gasteiger partial charge >= 0.3 is 0 Å². The van der Waals surface area contributed by atoms with Gasteiger partial charge in [-0.15, -0.1) is 24.0 Å². The number of aryl methyl sites for hydroxylation is 1. The van der Waals surface area contributed by atoms with Crippen molar-refractivity contribution >= 4 is 46.6 Å². The van der Waals surface area contributed by atoms with Crippen LogP contribution in [0.1, 0.15) is 30.7 Å². The first-order valence-corrected chi connectivity index (χ1v) is 10.6. The van der Waals surface area contributed by atoms with Gasteiger partial charge in [-0.1, -0.05) is 37.3 Å². The number of benzene rings is 1. The van der Waals surface area contributed by atoms with Gasteiger partial charge in [-0.25, -0.2) is 4.98 Å². The summed E-state index contributed by atoms with van der Waals surface area (Å²) in [6.45, 7) is 6.97. The average Bonchev–Trinajstić information content (AvgIpc) is 3.35. The Morgan fingerprint density at radius 2 is 1.96 bits per heavy atom. The molecular weight excluding hydrogens is 483 g/mol. The SMILES string of the molecule is CCc1nsc(N2CCN(C(=NC)NCC3CC3c3ccccc3)CC2)n1.I. The number of hydrogen-bond acceptors (Lipinski definition) is 5. The van der Waals surface area contributed by atoms with Crippen LogP contribution in [0.15, 0.2) is 35.3 Å². The van der Waals surface area contributed by atoms with E-state index in [2.05, 4.69) is 66.7 Å². The molecule has 1 N–H and O–H groups in total. The molecule has 152 valence electrons. The minimum Gasteiger partial charge on any atom is -0.356 e. The highest BCUT2D eigenvalue weighted by Crippen LogP contribution is 2.46. The predicted molar refractivity (Wildman–Crippen MR) is 127 cm³/mol. The second-order valence-electron chi connectivity index (χ2n) is 7.26. The van der Waals surface area contributed by atoms with Crippen molar-refractivity contribution in [3.8, 4) is 0 Å². The van der Waals surface area contributed by atoms with E-state index in [-0.39, 0.29) is 24.0 Å². The predicted octanol–water partition coefficient (Wildman–Crippen LogP) is 3.22. The van der Waals surface area contributed by atoms with Crippen molar-refractivity contribution in [2.45, 2.75) is 25.7 Å². The lowest BCUT2D eigenvalue weighted by atomic mass is 10.1. The second kappa shape index (κ2) is 9.87. The summed E-state index contributed by atoms with van der Waals surface area (Å²) < 4.78 is 4.41. The third kappa shape index (κ3) is 4.94. The highest BCUT2D eigenvalue weighted by atomic mass is 127. The summed E-state index contributed by atoms with van der Waals surface area (Å²) in [5.74, 6) is 3.41. The van der Waals surface area contributed by atoms with E-state index in [1.807, 2.05) is 7.05 Å². The highest BCUT2D eigenvalue weighted by Gasteiger charge is 2.38. The van der Waals surface area contributed by atoms with Crippen LogP contribution in [0.5, 0.6) is 0 Å². The van der Waals surface area contributed by atoms with Crippen molar-refractivity contribution in [2.24, 2.45) is 10.9 Å². The number of rotatable bonds is 5. The molecule has 0 amide bonds. The number of halogens is 1. The lowest BCUT2D eigenvalue weighted by Crippen LogP contribution is -2.52. The molecule has 4 rings (SSSR count). The number of anilines is 1. The number of nitrogens with zero attached hydrogens (tertiary/aromatic N) is 5. The number of aliphatic imine (C=N–C) groups is 1. The third-order valence-electron chi connectivity index (χ3n) is 5.51. The summed E-state index contributed by atoms with van der Waals surface area (Å²) >= 11 is 1.52. The molecule has 6 nitrogen and oxygen atoms in total. The molecule has 2 fully saturated rings. The zero-order chi connectivity index (χ0) is 18.6. The lowest BCUT2D eigenvalue weighted by Gasteiger charge is -2.36. The van der Waals surface area contributed by atoms with Gasteiger partial charge in [-0.3, -0.25) is 4.99 Å². The first kappa shape index (κ1) is 21.3. The van der Waals surface area contributed by atoms with E-state index in [1.165, 1.54) is 23.5 Å². The summed E-state index contributed by atoms with van der Waals surface area (Å²) in [5, 5.41) is 4.65. The Labute approximate surface area is 188 Å². The van der Waals surface area contributed by atoms with Gasteiger partial charge in [0, 0.05) is 57.7 Å². The van der Waals surface area contributed by atoms with Gasteiger partial charge in [0.1, 0.15) is 5.82 Å². The van der Waals surface area contributed by atoms with Crippen LogP contribution >= 0.6 is 35.5 Å². The van der Waals surface area contributed by atoms with Crippen LogP contribution < -0.4 is 10.2 Å². The van der Waals surface area contributed by atoms with Gasteiger partial charge in [0.15, 0.2) is 5.96 Å². The number of nitrogens with one attached hydrogen (secondary N) is 1. The Balaban J connectivity index is 0.00000225. The molecule has 2 aliphatic rings. The molecule has 28 heavy (non-hydrogen) atoms. The molecule has 2 heterocycles. The van der Waals surface area contributed by atoms with Gasteiger partial charge in [0.25, 0.3) is 0 Å². The molecule has 1 saturated carbocycles. The van der Waals surface area contributed by atoms with E-state index in [1.54, 1.807) is 0 Å². The zero-order valence-corrected chi connectivity index (χ0v) is 19.7. The second-order valence-corrected chi connectivity index (χ2v) is 7.99. The fourth-order valence-electron chi connectivity index (χ4n) is 3.76. The molecule has 2 aromatic rings. The van der Waals surface area contributed by atoms with E-state index < -0.39 is 0 Å². The molecule has 8 heteroatoms. The highest BCUT2D eigenvalue weighted by molar-refractivity contribution is 14.0. The Hall–Kier alpha value is -1.42. The van der Waals surface area contributed by atoms with Crippen LogP contribution in [-0.2, 0) is 6.42 Å². The van der Waals surface area contributed by atoms with Crippen LogP contribution in [0.4, 0.5) is 5.13 Å². The van der Waals surface area contributed by atoms with E-state index in [0.29, 0.717) is 5.92 Å². The summed E-state index contributed by atoms with van der Waals surface area (Å²) in [5.41, 5.74) is 1.47. The fraction of sp³-hybridized carbons (Fsp3) is 0.550. The number of aromatic nitrogens is 2. The van der Waals surface area contributed by atoms with Crippen molar-refractivity contribution in [1.82, 2.24) is 19.6 Å². The topological polar surface area (TPSA) is 56.7 Å². The average molecular weight is 512 g/mol. The molecule has 1 aromatic carbocycles. The summed E-state index contributed by atoms with van der Waals surface area (Å²) in [7, 11) is 1.88. The van der Waals surface area contributed by atoms with Gasteiger partial charge in [-0.2, -0.15) is 4.37 Å². The minimum atomic E-state index is 0. The van der Waals surface area contributed by atoms with Crippen LogP contribution in [0, 0.1) is 5.92 Å². The maximum atomic E-state index is 4.62. The van der Waals surface area contributed by atoms with E-state index in [0.717, 1.165) is 62.0 Å². The van der Waals surface area contributed by atoms with E-state index in [9.17, 15) is 0 Å². The maximum Gasteiger partial charge on any atom is 0.205 e. The smallest absolute Gasteiger partial charge is 0.205 e. The summed E-state index contributed by atoms with van der Waals surface area (Å²) in [6.07, 6.45) is 2.18. The monoisotopic (exact) mass is 512 g/mol. The first-order valence-electron chi connectivity index (χ1n) is 9.86. The zero-order valence-electron chi connectivity index (χ0n) is 16.5. The van der Waals surface area contributed by atoms with Gasteiger partial charge in [-0.05, 0) is 23.8 Å². The Morgan fingerprint density at radius 1 is 1.21 bits per heavy atom. The van der Waals surface area contributed by atoms with Crippen molar-refractivity contribution < 1.29 is 0 Å². The largest absolute Gasteiger partial charge is 0.356 e. The summed E-state index contributed by atoms with van der Waals surface area (Å²) in [6, 6.07) is 10.9. The van der Waals surface area contributed by atoms with Crippen LogP contribution in [0.3, 0.4) is 0 Å². The molecule has 1 aliphatic heterocycles.